The summed E-state index contributed by atoms with van der Waals surface area (Å²) in [4.78, 5) is 0. The molecule has 0 N–H and O–H groups in total. The quantitative estimate of drug-likeness (QED) is 0.753. The largest absolute Gasteiger partial charge is 0.228 e. The molecule has 0 aliphatic carbocycles. The Kier molecular flexibility index (Phi) is 2.73. The molecule has 15 heavy (non-hydrogen) atoms. The summed E-state index contributed by atoms with van der Waals surface area (Å²) in [6.45, 7) is 1.56. The highest BCUT2D eigenvalue weighted by atomic mass is 16.3. The van der Waals surface area contributed by atoms with Gasteiger partial charge in [0.2, 0.25) is 0 Å². The first-order valence-corrected chi connectivity index (χ1v) is 4.72. The topological polar surface area (TPSA) is 63.5 Å². The molecule has 0 spiro atoms. The maximum absolute atomic E-state index is 10.8. The Morgan fingerprint density at radius 2 is 2.07 bits per heavy atom. The van der Waals surface area contributed by atoms with Crippen LogP contribution in [0.4, 0.5) is 0 Å². The van der Waals surface area contributed by atoms with E-state index in [1.165, 1.54) is 0 Å². The lowest BCUT2D eigenvalue weighted by Gasteiger charge is -2.12. The van der Waals surface area contributed by atoms with Crippen LogP contribution >= 0.6 is 0 Å². The number of hydrogen-bond donors (Lipinski definition) is 0. The SMILES string of the molecule is CC(c1ccccc1)n1nnnc1C[O]. The average Bonchev–Trinajstić information content (AvgIpc) is 2.77. The molecular weight excluding hydrogens is 192 g/mol. The monoisotopic (exact) mass is 203 g/mol. The molecule has 1 aromatic carbocycles. The third-order valence-corrected chi connectivity index (χ3v) is 2.34. The zero-order valence-corrected chi connectivity index (χ0v) is 8.37. The van der Waals surface area contributed by atoms with E-state index < -0.39 is 6.61 Å². The standard InChI is InChI=1S/C10H11N4O/c1-8(9-5-3-2-4-6-9)14-10(7-15)11-12-13-14/h2-6,8H,7H2,1H3. The lowest BCUT2D eigenvalue weighted by atomic mass is 10.1. The molecule has 0 saturated carbocycles. The van der Waals surface area contributed by atoms with E-state index in [9.17, 15) is 5.11 Å². The number of nitrogens with zero attached hydrogens (tertiary/aromatic N) is 4. The van der Waals surface area contributed by atoms with E-state index in [0.717, 1.165) is 5.56 Å². The first kappa shape index (κ1) is 9.79. The van der Waals surface area contributed by atoms with E-state index in [1.54, 1.807) is 4.68 Å². The van der Waals surface area contributed by atoms with Gasteiger partial charge in [-0.05, 0) is 22.9 Å². The predicted molar refractivity (Wildman–Crippen MR) is 52.5 cm³/mol. The van der Waals surface area contributed by atoms with Crippen molar-refractivity contribution in [2.75, 3.05) is 0 Å². The summed E-state index contributed by atoms with van der Waals surface area (Å²) in [7, 11) is 0. The normalized spacial score (nSPS) is 12.7. The molecule has 2 aromatic rings. The molecule has 1 heterocycles. The third-order valence-electron chi connectivity index (χ3n) is 2.34. The molecule has 0 amide bonds. The molecule has 77 valence electrons. The van der Waals surface area contributed by atoms with Crippen molar-refractivity contribution < 1.29 is 5.11 Å². The van der Waals surface area contributed by atoms with Crippen LogP contribution < -0.4 is 0 Å². The summed E-state index contributed by atoms with van der Waals surface area (Å²) in [6.07, 6.45) is 0. The van der Waals surface area contributed by atoms with Crippen molar-refractivity contribution in [1.82, 2.24) is 20.2 Å². The molecular formula is C10H11N4O. The number of tetrazole rings is 1. The Hall–Kier alpha value is -1.75. The summed E-state index contributed by atoms with van der Waals surface area (Å²) in [6, 6.07) is 9.82. The summed E-state index contributed by atoms with van der Waals surface area (Å²) >= 11 is 0. The van der Waals surface area contributed by atoms with E-state index >= 15 is 0 Å². The van der Waals surface area contributed by atoms with Crippen LogP contribution in [-0.2, 0) is 11.7 Å². The van der Waals surface area contributed by atoms with Gasteiger partial charge in [-0.2, -0.15) is 0 Å². The van der Waals surface area contributed by atoms with Gasteiger partial charge in [0.15, 0.2) is 5.82 Å². The van der Waals surface area contributed by atoms with E-state index in [-0.39, 0.29) is 6.04 Å². The second kappa shape index (κ2) is 4.18. The van der Waals surface area contributed by atoms with Crippen LogP contribution in [0.15, 0.2) is 30.3 Å². The van der Waals surface area contributed by atoms with Gasteiger partial charge in [0.25, 0.3) is 0 Å². The minimum atomic E-state index is -0.399. The summed E-state index contributed by atoms with van der Waals surface area (Å²) in [5.41, 5.74) is 1.08. The number of hydrogen-bond acceptors (Lipinski definition) is 3. The van der Waals surface area contributed by atoms with Crippen LogP contribution in [0, 0.1) is 0 Å². The summed E-state index contributed by atoms with van der Waals surface area (Å²) in [5.74, 6) is 0.367. The fourth-order valence-electron chi connectivity index (χ4n) is 1.48. The van der Waals surface area contributed by atoms with E-state index in [1.807, 2.05) is 37.3 Å². The Morgan fingerprint density at radius 3 is 2.73 bits per heavy atom. The zero-order chi connectivity index (χ0) is 10.7. The van der Waals surface area contributed by atoms with Gasteiger partial charge in [0.05, 0.1) is 6.04 Å². The van der Waals surface area contributed by atoms with Crippen LogP contribution in [0.25, 0.3) is 0 Å². The highest BCUT2D eigenvalue weighted by Crippen LogP contribution is 2.16. The maximum atomic E-state index is 10.8. The van der Waals surface area contributed by atoms with E-state index in [4.69, 9.17) is 0 Å². The molecule has 1 radical (unpaired) electrons. The lowest BCUT2D eigenvalue weighted by molar-refractivity contribution is 0.163. The molecule has 0 aliphatic heterocycles. The van der Waals surface area contributed by atoms with Gasteiger partial charge in [-0.25, -0.2) is 9.79 Å². The fraction of sp³-hybridized carbons (Fsp3) is 0.300. The average molecular weight is 203 g/mol. The summed E-state index contributed by atoms with van der Waals surface area (Å²) < 4.78 is 1.56. The van der Waals surface area contributed by atoms with Crippen LogP contribution in [0.3, 0.4) is 0 Å². The van der Waals surface area contributed by atoms with E-state index in [0.29, 0.717) is 5.82 Å². The van der Waals surface area contributed by atoms with Gasteiger partial charge in [0, 0.05) is 0 Å². The van der Waals surface area contributed by atoms with Crippen molar-refractivity contribution in [1.29, 1.82) is 0 Å². The molecule has 0 aliphatic rings. The molecule has 0 fully saturated rings. The Balaban J connectivity index is 2.32. The first-order valence-electron chi connectivity index (χ1n) is 4.72. The second-order valence-corrected chi connectivity index (χ2v) is 3.27. The number of benzene rings is 1. The highest BCUT2D eigenvalue weighted by molar-refractivity contribution is 5.18. The van der Waals surface area contributed by atoms with Crippen molar-refractivity contribution in [3.8, 4) is 0 Å². The van der Waals surface area contributed by atoms with Crippen molar-refractivity contribution in [2.24, 2.45) is 0 Å². The predicted octanol–water partition coefficient (Wildman–Crippen LogP) is 1.21. The van der Waals surface area contributed by atoms with Crippen LogP contribution in [0.2, 0.25) is 0 Å². The Labute approximate surface area is 87.4 Å². The maximum Gasteiger partial charge on any atom is 0.181 e. The molecule has 2 rings (SSSR count). The van der Waals surface area contributed by atoms with Crippen LogP contribution in [0.1, 0.15) is 24.4 Å². The Morgan fingerprint density at radius 1 is 1.33 bits per heavy atom. The first-order chi connectivity index (χ1) is 7.33. The van der Waals surface area contributed by atoms with Crippen molar-refractivity contribution >= 4 is 0 Å². The van der Waals surface area contributed by atoms with Crippen molar-refractivity contribution in [3.05, 3.63) is 41.7 Å². The molecule has 0 bridgehead atoms. The van der Waals surface area contributed by atoms with Crippen LogP contribution in [-0.4, -0.2) is 20.2 Å². The molecule has 1 atom stereocenters. The summed E-state index contributed by atoms with van der Waals surface area (Å²) in [5, 5.41) is 21.8. The van der Waals surface area contributed by atoms with Gasteiger partial charge in [-0.15, -0.1) is 5.10 Å². The molecule has 0 saturated heterocycles. The van der Waals surface area contributed by atoms with Gasteiger partial charge in [-0.3, -0.25) is 0 Å². The molecule has 1 aromatic heterocycles. The minimum Gasteiger partial charge on any atom is -0.228 e. The van der Waals surface area contributed by atoms with Gasteiger partial charge < -0.3 is 0 Å². The third kappa shape index (κ3) is 1.87. The zero-order valence-electron chi connectivity index (χ0n) is 8.37. The highest BCUT2D eigenvalue weighted by Gasteiger charge is 2.13. The van der Waals surface area contributed by atoms with Crippen molar-refractivity contribution in [3.63, 3.8) is 0 Å². The lowest BCUT2D eigenvalue weighted by Crippen LogP contribution is -2.12. The minimum absolute atomic E-state index is 0.00912. The number of aromatic nitrogens is 4. The molecule has 5 heteroatoms. The van der Waals surface area contributed by atoms with Gasteiger partial charge in [-0.1, -0.05) is 30.3 Å². The smallest absolute Gasteiger partial charge is 0.181 e. The Bertz CT molecular complexity index is 426. The van der Waals surface area contributed by atoms with Gasteiger partial charge >= 0.3 is 0 Å². The van der Waals surface area contributed by atoms with E-state index in [2.05, 4.69) is 15.5 Å². The van der Waals surface area contributed by atoms with Crippen LogP contribution in [0.5, 0.6) is 0 Å². The molecule has 5 nitrogen and oxygen atoms in total. The number of rotatable bonds is 3. The van der Waals surface area contributed by atoms with Gasteiger partial charge in [0.1, 0.15) is 6.61 Å². The van der Waals surface area contributed by atoms with Crippen molar-refractivity contribution in [2.45, 2.75) is 19.6 Å². The second-order valence-electron chi connectivity index (χ2n) is 3.27. The molecule has 1 unspecified atom stereocenters. The fourth-order valence-corrected chi connectivity index (χ4v) is 1.48.